The van der Waals surface area contributed by atoms with Gasteiger partial charge in [-0.05, 0) is 60.2 Å². The fourth-order valence-electron chi connectivity index (χ4n) is 4.40. The van der Waals surface area contributed by atoms with Gasteiger partial charge in [-0.3, -0.25) is 14.5 Å². The van der Waals surface area contributed by atoms with Crippen molar-refractivity contribution in [3.05, 3.63) is 88.8 Å². The molecule has 30 heavy (non-hydrogen) atoms. The Hall–Kier alpha value is -3.25. The van der Waals surface area contributed by atoms with E-state index in [9.17, 15) is 14.1 Å². The van der Waals surface area contributed by atoms with Gasteiger partial charge in [-0.25, -0.2) is 4.21 Å². The van der Waals surface area contributed by atoms with Gasteiger partial charge in [0.15, 0.2) is 11.0 Å². The number of pyridine rings is 1. The summed E-state index contributed by atoms with van der Waals surface area (Å²) in [5.41, 5.74) is 7.34. The number of aromatic hydroxyl groups is 1. The normalized spacial score (nSPS) is 20.0. The van der Waals surface area contributed by atoms with Gasteiger partial charge in [-0.1, -0.05) is 30.3 Å². The maximum absolute atomic E-state index is 12.0. The van der Waals surface area contributed by atoms with Crippen molar-refractivity contribution in [2.24, 2.45) is 0 Å². The third kappa shape index (κ3) is 3.13. The average Bonchev–Trinajstić information content (AvgIpc) is 3.31. The Labute approximate surface area is 177 Å². The zero-order valence-electron chi connectivity index (χ0n) is 16.4. The minimum atomic E-state index is -1.63. The highest BCUT2D eigenvalue weighted by Gasteiger charge is 2.28. The summed E-state index contributed by atoms with van der Waals surface area (Å²) in [6.45, 7) is 1.98. The molecule has 2 atom stereocenters. The van der Waals surface area contributed by atoms with Crippen LogP contribution in [0.2, 0.25) is 0 Å². The minimum absolute atomic E-state index is 0.0379. The monoisotopic (exact) mass is 416 g/mol. The van der Waals surface area contributed by atoms with Crippen molar-refractivity contribution in [1.82, 2.24) is 9.71 Å². The molecule has 0 radical (unpaired) electrons. The van der Waals surface area contributed by atoms with E-state index >= 15 is 0 Å². The second-order valence-corrected chi connectivity index (χ2v) is 8.85. The van der Waals surface area contributed by atoms with Gasteiger partial charge in [0.25, 0.3) is 5.91 Å². The van der Waals surface area contributed by atoms with Crippen LogP contribution in [-0.4, -0.2) is 20.2 Å². The van der Waals surface area contributed by atoms with Gasteiger partial charge >= 0.3 is 0 Å². The molecule has 0 spiro atoms. The maximum Gasteiger partial charge on any atom is 0.257 e. The number of nitrogens with one attached hydrogen (secondary N) is 1. The van der Waals surface area contributed by atoms with Crippen LogP contribution in [-0.2, 0) is 22.2 Å². The van der Waals surface area contributed by atoms with Crippen molar-refractivity contribution in [1.29, 1.82) is 0 Å². The molecule has 0 saturated carbocycles. The Bertz CT molecular complexity index is 1230. The number of benzene rings is 2. The second-order valence-electron chi connectivity index (χ2n) is 7.67. The van der Waals surface area contributed by atoms with E-state index in [1.54, 1.807) is 12.1 Å². The highest BCUT2D eigenvalue weighted by molar-refractivity contribution is 7.94. The highest BCUT2D eigenvalue weighted by atomic mass is 32.2. The molecule has 0 fully saturated rings. The summed E-state index contributed by atoms with van der Waals surface area (Å²) in [6.07, 6.45) is 5.11. The first-order valence-electron chi connectivity index (χ1n) is 9.83. The van der Waals surface area contributed by atoms with E-state index in [2.05, 4.69) is 34.0 Å². The molecular formula is C24H20N2O3S. The van der Waals surface area contributed by atoms with Crippen molar-refractivity contribution in [2.45, 2.75) is 25.7 Å². The molecule has 3 aromatic rings. The zero-order valence-corrected chi connectivity index (χ0v) is 17.2. The van der Waals surface area contributed by atoms with Gasteiger partial charge in [0, 0.05) is 35.0 Å². The number of hydrogen-bond acceptors (Lipinski definition) is 4. The molecular weight excluding hydrogens is 396 g/mol. The molecule has 2 aromatic carbocycles. The number of aryl methyl sites for hydroxylation is 1. The molecule has 1 amide bonds. The molecule has 2 heterocycles. The van der Waals surface area contributed by atoms with Gasteiger partial charge < -0.3 is 5.11 Å². The summed E-state index contributed by atoms with van der Waals surface area (Å²) < 4.78 is 14.4. The molecule has 1 aliphatic carbocycles. The Balaban J connectivity index is 1.51. The third-order valence-corrected chi connectivity index (χ3v) is 6.96. The largest absolute Gasteiger partial charge is 0.507 e. The number of fused-ring (bicyclic) bond motifs is 1. The van der Waals surface area contributed by atoms with Gasteiger partial charge in [0.2, 0.25) is 0 Å². The van der Waals surface area contributed by atoms with E-state index in [1.807, 2.05) is 25.3 Å². The lowest BCUT2D eigenvalue weighted by molar-refractivity contribution is -0.114. The summed E-state index contributed by atoms with van der Waals surface area (Å²) in [4.78, 5) is 16.2. The van der Waals surface area contributed by atoms with E-state index in [0.29, 0.717) is 10.5 Å². The summed E-state index contributed by atoms with van der Waals surface area (Å²) in [5, 5.41) is 10.6. The molecule has 5 nitrogen and oxygen atoms in total. The summed E-state index contributed by atoms with van der Waals surface area (Å²) in [5.74, 6) is -0.188. The van der Waals surface area contributed by atoms with Gasteiger partial charge in [0.1, 0.15) is 5.75 Å². The molecule has 150 valence electrons. The van der Waals surface area contributed by atoms with E-state index in [4.69, 9.17) is 0 Å². The number of phenolic OH excluding ortho intramolecular Hbond substituents is 1. The number of rotatable bonds is 3. The first-order valence-corrected chi connectivity index (χ1v) is 11.0. The molecule has 1 aliphatic heterocycles. The highest BCUT2D eigenvalue weighted by Crippen LogP contribution is 2.43. The fraction of sp³-hybridized carbons (Fsp3) is 0.167. The second kappa shape index (κ2) is 7.22. The summed E-state index contributed by atoms with van der Waals surface area (Å²) in [6, 6.07) is 15.9. The topological polar surface area (TPSA) is 79.3 Å². The lowest BCUT2D eigenvalue weighted by Gasteiger charge is -2.15. The van der Waals surface area contributed by atoms with Crippen LogP contribution >= 0.6 is 0 Å². The lowest BCUT2D eigenvalue weighted by Crippen LogP contribution is -2.16. The van der Waals surface area contributed by atoms with Crippen LogP contribution in [0.5, 0.6) is 5.75 Å². The van der Waals surface area contributed by atoms with Crippen LogP contribution in [0.1, 0.15) is 40.3 Å². The lowest BCUT2D eigenvalue weighted by atomic mass is 9.90. The third-order valence-electron chi connectivity index (χ3n) is 5.84. The van der Waals surface area contributed by atoms with E-state index in [0.717, 1.165) is 29.7 Å². The molecule has 2 N–H and O–H groups in total. The number of amides is 1. The van der Waals surface area contributed by atoms with Crippen molar-refractivity contribution in [3.8, 4) is 16.9 Å². The molecule has 2 aliphatic rings. The Morgan fingerprint density at radius 2 is 2.00 bits per heavy atom. The number of aromatic nitrogens is 1. The van der Waals surface area contributed by atoms with Gasteiger partial charge in [-0.2, -0.15) is 0 Å². The fourth-order valence-corrected chi connectivity index (χ4v) is 5.34. The first-order chi connectivity index (χ1) is 14.5. The van der Waals surface area contributed by atoms with E-state index in [1.165, 1.54) is 22.8 Å². The molecule has 0 bridgehead atoms. The molecule has 6 heteroatoms. The molecule has 5 rings (SSSR count). The average molecular weight is 417 g/mol. The summed E-state index contributed by atoms with van der Waals surface area (Å²) in [7, 11) is -1.63. The van der Waals surface area contributed by atoms with Crippen molar-refractivity contribution in [3.63, 3.8) is 0 Å². The number of hydrogen-bond donors (Lipinski definition) is 2. The SMILES string of the molecule is Cc1ccc(-c2cccc3c2CC[C@@H]3c2ccc(C3=CC(=O)NS3=O)c(O)c2)cn1. The van der Waals surface area contributed by atoms with E-state index in [-0.39, 0.29) is 11.7 Å². The predicted molar refractivity (Wildman–Crippen MR) is 117 cm³/mol. The zero-order chi connectivity index (χ0) is 20.8. The van der Waals surface area contributed by atoms with Crippen LogP contribution in [0.15, 0.2) is 60.8 Å². The number of phenols is 1. The number of carbonyl (C=O) groups is 1. The van der Waals surface area contributed by atoms with Gasteiger partial charge in [-0.15, -0.1) is 0 Å². The van der Waals surface area contributed by atoms with Crippen molar-refractivity contribution in [2.75, 3.05) is 0 Å². The predicted octanol–water partition coefficient (Wildman–Crippen LogP) is 3.98. The molecule has 1 aromatic heterocycles. The quantitative estimate of drug-likeness (QED) is 0.677. The van der Waals surface area contributed by atoms with Crippen LogP contribution in [0, 0.1) is 6.92 Å². The first kappa shape index (κ1) is 18.8. The Morgan fingerprint density at radius 1 is 1.13 bits per heavy atom. The Morgan fingerprint density at radius 3 is 2.70 bits per heavy atom. The van der Waals surface area contributed by atoms with Crippen LogP contribution < -0.4 is 4.72 Å². The molecule has 0 saturated heterocycles. The van der Waals surface area contributed by atoms with Crippen molar-refractivity contribution < 1.29 is 14.1 Å². The smallest absolute Gasteiger partial charge is 0.257 e. The minimum Gasteiger partial charge on any atom is -0.507 e. The van der Waals surface area contributed by atoms with E-state index < -0.39 is 16.9 Å². The standard InChI is InChI=1S/C24H20N2O3S/c1-14-5-6-16(13-25-14)17-3-2-4-19-18(9-10-20(17)19)15-7-8-21(22(27)11-15)23-12-24(28)26-30(23)29/h2-8,11-13,18,27H,9-10H2,1H3,(H,26,28)/t18-,30?/m1/s1. The van der Waals surface area contributed by atoms with Crippen molar-refractivity contribution >= 4 is 21.8 Å². The van der Waals surface area contributed by atoms with Gasteiger partial charge in [0.05, 0.1) is 4.91 Å². The number of carbonyl (C=O) groups excluding carboxylic acids is 1. The maximum atomic E-state index is 12.0. The van der Waals surface area contributed by atoms with Crippen LogP contribution in [0.25, 0.3) is 16.0 Å². The summed E-state index contributed by atoms with van der Waals surface area (Å²) >= 11 is 0. The molecule has 1 unspecified atom stereocenters. The number of nitrogens with zero attached hydrogens (tertiary/aromatic N) is 1. The van der Waals surface area contributed by atoms with Crippen LogP contribution in [0.4, 0.5) is 0 Å². The Kier molecular flexibility index (Phi) is 4.51. The van der Waals surface area contributed by atoms with Crippen LogP contribution in [0.3, 0.4) is 0 Å².